The number of aliphatic hydroxyl groups is 1. The molecule has 0 aromatic rings. The first-order chi connectivity index (χ1) is 13.6. The number of likely N-dealkylation sites (tertiary alicyclic amines) is 1. The number of carboxylic acids is 1. The number of rotatable bonds is 8. The third kappa shape index (κ3) is 5.66. The monoisotopic (exact) mass is 412 g/mol. The van der Waals surface area contributed by atoms with Crippen LogP contribution in [0.25, 0.3) is 0 Å². The van der Waals surface area contributed by atoms with Gasteiger partial charge in [-0.05, 0) is 45.1 Å². The zero-order valence-electron chi connectivity index (χ0n) is 17.2. The van der Waals surface area contributed by atoms with E-state index in [4.69, 9.17) is 0 Å². The summed E-state index contributed by atoms with van der Waals surface area (Å²) < 4.78 is 0. The number of amides is 3. The van der Waals surface area contributed by atoms with Crippen LogP contribution in [0.2, 0.25) is 0 Å². The molecule has 2 aliphatic heterocycles. The van der Waals surface area contributed by atoms with E-state index in [9.17, 15) is 29.4 Å². The summed E-state index contributed by atoms with van der Waals surface area (Å²) >= 11 is 0. The van der Waals surface area contributed by atoms with Crippen LogP contribution < -0.4 is 16.0 Å². The highest BCUT2D eigenvalue weighted by atomic mass is 16.4. The minimum Gasteiger partial charge on any atom is -0.480 e. The Bertz CT molecular complexity index is 632. The van der Waals surface area contributed by atoms with Crippen molar-refractivity contribution in [3.05, 3.63) is 0 Å². The van der Waals surface area contributed by atoms with Crippen LogP contribution in [-0.2, 0) is 19.2 Å². The third-order valence-corrected chi connectivity index (χ3v) is 5.49. The number of aliphatic carboxylic acids is 1. The lowest BCUT2D eigenvalue weighted by molar-refractivity contribution is -0.145. The largest absolute Gasteiger partial charge is 0.480 e. The summed E-state index contributed by atoms with van der Waals surface area (Å²) in [5.74, 6) is -2.98. The van der Waals surface area contributed by atoms with Crippen molar-refractivity contribution < 1.29 is 29.4 Å². The zero-order valence-corrected chi connectivity index (χ0v) is 17.2. The van der Waals surface area contributed by atoms with Crippen molar-refractivity contribution in [1.82, 2.24) is 20.9 Å². The number of carbonyl (C=O) groups excluding carboxylic acids is 3. The number of nitrogens with zero attached hydrogens (tertiary/aromatic N) is 1. The van der Waals surface area contributed by atoms with Gasteiger partial charge in [0.2, 0.25) is 17.7 Å². The first kappa shape index (κ1) is 23.1. The molecule has 3 amide bonds. The highest BCUT2D eigenvalue weighted by Gasteiger charge is 2.40. The maximum absolute atomic E-state index is 12.8. The van der Waals surface area contributed by atoms with Gasteiger partial charge >= 0.3 is 5.97 Å². The molecule has 2 rings (SSSR count). The Morgan fingerprint density at radius 1 is 1.03 bits per heavy atom. The average molecular weight is 412 g/mol. The minimum atomic E-state index is -1.31. The predicted octanol–water partition coefficient (Wildman–Crippen LogP) is -1.18. The maximum Gasteiger partial charge on any atom is 0.326 e. The number of hydrogen-bond donors (Lipinski definition) is 5. The molecule has 0 spiro atoms. The average Bonchev–Trinajstić information content (AvgIpc) is 3.34. The van der Waals surface area contributed by atoms with Gasteiger partial charge in [0.25, 0.3) is 0 Å². The van der Waals surface area contributed by atoms with Crippen LogP contribution in [-0.4, -0.2) is 82.2 Å². The second-order valence-corrected chi connectivity index (χ2v) is 8.13. The Kier molecular flexibility index (Phi) is 7.97. The van der Waals surface area contributed by atoms with Crippen molar-refractivity contribution in [2.75, 3.05) is 13.1 Å². The molecule has 2 heterocycles. The number of hydrogen-bond acceptors (Lipinski definition) is 6. The second kappa shape index (κ2) is 10.0. The van der Waals surface area contributed by atoms with E-state index >= 15 is 0 Å². The van der Waals surface area contributed by atoms with Crippen LogP contribution in [0.3, 0.4) is 0 Å². The molecule has 164 valence electrons. The Morgan fingerprint density at radius 2 is 1.72 bits per heavy atom. The molecular formula is C19H32N4O6. The summed E-state index contributed by atoms with van der Waals surface area (Å²) in [6.45, 7) is 5.87. The molecular weight excluding hydrogens is 380 g/mol. The summed E-state index contributed by atoms with van der Waals surface area (Å²) in [5, 5.41) is 27.3. The Labute approximate surface area is 170 Å². The van der Waals surface area contributed by atoms with Crippen LogP contribution >= 0.6 is 0 Å². The molecule has 0 radical (unpaired) electrons. The first-order valence-corrected chi connectivity index (χ1v) is 10.2. The van der Waals surface area contributed by atoms with E-state index in [1.54, 1.807) is 13.8 Å². The van der Waals surface area contributed by atoms with Gasteiger partial charge in [-0.3, -0.25) is 14.4 Å². The molecule has 2 saturated heterocycles. The highest BCUT2D eigenvalue weighted by Crippen LogP contribution is 2.21. The maximum atomic E-state index is 12.8. The highest BCUT2D eigenvalue weighted by molar-refractivity contribution is 5.94. The minimum absolute atomic E-state index is 0.121. The summed E-state index contributed by atoms with van der Waals surface area (Å²) in [5.41, 5.74) is 0. The van der Waals surface area contributed by atoms with Gasteiger partial charge in [-0.25, -0.2) is 4.79 Å². The number of carbonyl (C=O) groups is 4. The number of aliphatic hydroxyl groups excluding tert-OH is 1. The fraction of sp³-hybridized carbons (Fsp3) is 0.789. The Morgan fingerprint density at radius 3 is 2.24 bits per heavy atom. The van der Waals surface area contributed by atoms with Crippen molar-refractivity contribution >= 4 is 23.7 Å². The molecule has 5 N–H and O–H groups in total. The van der Waals surface area contributed by atoms with E-state index in [0.29, 0.717) is 19.4 Å². The van der Waals surface area contributed by atoms with Crippen LogP contribution in [0.5, 0.6) is 0 Å². The molecule has 10 heteroatoms. The van der Waals surface area contributed by atoms with Crippen LogP contribution in [0, 0.1) is 5.92 Å². The van der Waals surface area contributed by atoms with Crippen molar-refractivity contribution in [3.63, 3.8) is 0 Å². The Balaban J connectivity index is 2.05. The fourth-order valence-corrected chi connectivity index (χ4v) is 3.81. The standard InChI is InChI=1S/C19H32N4O6/c1-10(2)14(19(28)29)21-17(26)15(11(3)24)22-16(25)13-7-5-9-23(13)18(27)12-6-4-8-20-12/h10-15,20,24H,4-9H2,1-3H3,(H,21,26)(H,22,25)(H,28,29). The lowest BCUT2D eigenvalue weighted by Crippen LogP contribution is -2.59. The number of nitrogens with one attached hydrogen (secondary N) is 3. The molecule has 0 aliphatic carbocycles. The van der Waals surface area contributed by atoms with E-state index < -0.39 is 42.0 Å². The SMILES string of the molecule is CC(C)C(NC(=O)C(NC(=O)C1CCCN1C(=O)C1CCCN1)C(C)O)C(=O)O. The van der Waals surface area contributed by atoms with Crippen molar-refractivity contribution in [2.45, 2.75) is 76.7 Å². The zero-order chi connectivity index (χ0) is 21.7. The van der Waals surface area contributed by atoms with E-state index in [-0.39, 0.29) is 17.9 Å². The predicted molar refractivity (Wildman–Crippen MR) is 104 cm³/mol. The van der Waals surface area contributed by atoms with E-state index in [1.807, 2.05) is 0 Å². The summed E-state index contributed by atoms with van der Waals surface area (Å²) in [7, 11) is 0. The van der Waals surface area contributed by atoms with Gasteiger partial charge in [0.1, 0.15) is 18.1 Å². The van der Waals surface area contributed by atoms with Crippen molar-refractivity contribution in [2.24, 2.45) is 5.92 Å². The summed E-state index contributed by atoms with van der Waals surface area (Å²) in [4.78, 5) is 50.9. The normalized spacial score (nSPS) is 24.8. The first-order valence-electron chi connectivity index (χ1n) is 10.2. The van der Waals surface area contributed by atoms with Crippen LogP contribution in [0.4, 0.5) is 0 Å². The van der Waals surface area contributed by atoms with E-state index in [0.717, 1.165) is 19.4 Å². The smallest absolute Gasteiger partial charge is 0.326 e. The quantitative estimate of drug-likeness (QED) is 0.337. The molecule has 0 saturated carbocycles. The van der Waals surface area contributed by atoms with Gasteiger partial charge in [0.15, 0.2) is 0 Å². The molecule has 0 aromatic heterocycles. The molecule has 0 aromatic carbocycles. The summed E-state index contributed by atoms with van der Waals surface area (Å²) in [6, 6.07) is -3.45. The van der Waals surface area contributed by atoms with Gasteiger partial charge in [0, 0.05) is 6.54 Å². The Hall–Kier alpha value is -2.20. The number of carboxylic acid groups (broad SMARTS) is 1. The molecule has 2 aliphatic rings. The van der Waals surface area contributed by atoms with Crippen molar-refractivity contribution in [3.8, 4) is 0 Å². The molecule has 2 fully saturated rings. The van der Waals surface area contributed by atoms with Gasteiger partial charge in [0.05, 0.1) is 12.1 Å². The molecule has 5 atom stereocenters. The van der Waals surface area contributed by atoms with Gasteiger partial charge < -0.3 is 31.1 Å². The lowest BCUT2D eigenvalue weighted by atomic mass is 10.0. The van der Waals surface area contributed by atoms with Crippen LogP contribution in [0.15, 0.2) is 0 Å². The molecule has 0 bridgehead atoms. The molecule has 10 nitrogen and oxygen atoms in total. The van der Waals surface area contributed by atoms with Gasteiger partial charge in [-0.15, -0.1) is 0 Å². The topological polar surface area (TPSA) is 148 Å². The fourth-order valence-electron chi connectivity index (χ4n) is 3.81. The summed E-state index contributed by atoms with van der Waals surface area (Å²) in [6.07, 6.45) is 1.56. The van der Waals surface area contributed by atoms with E-state index in [2.05, 4.69) is 16.0 Å². The second-order valence-electron chi connectivity index (χ2n) is 8.13. The van der Waals surface area contributed by atoms with E-state index in [1.165, 1.54) is 11.8 Å². The van der Waals surface area contributed by atoms with Crippen LogP contribution in [0.1, 0.15) is 46.5 Å². The lowest BCUT2D eigenvalue weighted by Gasteiger charge is -2.29. The molecule has 29 heavy (non-hydrogen) atoms. The third-order valence-electron chi connectivity index (χ3n) is 5.49. The molecule has 5 unspecified atom stereocenters. The van der Waals surface area contributed by atoms with Crippen molar-refractivity contribution in [1.29, 1.82) is 0 Å². The van der Waals surface area contributed by atoms with Gasteiger partial charge in [-0.2, -0.15) is 0 Å². The van der Waals surface area contributed by atoms with Gasteiger partial charge in [-0.1, -0.05) is 13.8 Å².